The summed E-state index contributed by atoms with van der Waals surface area (Å²) >= 11 is 0. The van der Waals surface area contributed by atoms with Gasteiger partial charge >= 0.3 is 17.9 Å². The Balaban J connectivity index is 1.69. The summed E-state index contributed by atoms with van der Waals surface area (Å²) in [5, 5.41) is 0. The van der Waals surface area contributed by atoms with Crippen molar-refractivity contribution in [3.8, 4) is 0 Å². The zero-order valence-corrected chi connectivity index (χ0v) is 15.4. The molecule has 1 saturated heterocycles. The van der Waals surface area contributed by atoms with Gasteiger partial charge in [-0.3, -0.25) is 0 Å². The Hall–Kier alpha value is -3.15. The number of hydrogen-bond donors (Lipinski definition) is 0. The van der Waals surface area contributed by atoms with Gasteiger partial charge < -0.3 is 14.2 Å². The summed E-state index contributed by atoms with van der Waals surface area (Å²) in [5.41, 5.74) is 2.02. The van der Waals surface area contributed by atoms with Gasteiger partial charge in [-0.1, -0.05) is 30.4 Å². The van der Waals surface area contributed by atoms with Crippen molar-refractivity contribution >= 4 is 17.9 Å². The van der Waals surface area contributed by atoms with E-state index in [-0.39, 0.29) is 18.1 Å². The lowest BCUT2D eigenvalue weighted by molar-refractivity contribution is -0.142. The number of fused-ring (bicyclic) bond motifs is 2. The molecule has 6 nitrogen and oxygen atoms in total. The number of benzene rings is 1. The third-order valence-corrected chi connectivity index (χ3v) is 5.23. The second-order valence-electron chi connectivity index (χ2n) is 7.29. The highest BCUT2D eigenvalue weighted by Gasteiger charge is 2.46. The van der Waals surface area contributed by atoms with E-state index in [1.165, 1.54) is 0 Å². The van der Waals surface area contributed by atoms with Crippen LogP contribution in [-0.4, -0.2) is 36.2 Å². The SMILES string of the molecule is C=C1C(=O)O[C@H]2CC3=C[C@@H](C/C(C)=C/[C@@H](OC(=O)c4ccccc4)[C@H]12)OC3=O. The van der Waals surface area contributed by atoms with Crippen LogP contribution in [0.15, 0.2) is 65.8 Å². The second kappa shape index (κ2) is 7.11. The Morgan fingerprint density at radius 1 is 1.07 bits per heavy atom. The van der Waals surface area contributed by atoms with Crippen molar-refractivity contribution in [2.75, 3.05) is 0 Å². The highest BCUT2D eigenvalue weighted by Crippen LogP contribution is 2.38. The Morgan fingerprint density at radius 2 is 1.82 bits per heavy atom. The first-order valence-corrected chi connectivity index (χ1v) is 9.17. The molecule has 1 aromatic carbocycles. The number of carbonyl (C=O) groups is 3. The second-order valence-corrected chi connectivity index (χ2v) is 7.29. The van der Waals surface area contributed by atoms with Crippen LogP contribution in [0.3, 0.4) is 0 Å². The van der Waals surface area contributed by atoms with Gasteiger partial charge in [-0.05, 0) is 31.2 Å². The molecule has 2 aliphatic heterocycles. The van der Waals surface area contributed by atoms with E-state index in [1.54, 1.807) is 36.4 Å². The Kier molecular flexibility index (Phi) is 4.63. The molecule has 6 heteroatoms. The average molecular weight is 380 g/mol. The molecule has 144 valence electrons. The van der Waals surface area contributed by atoms with Crippen LogP contribution in [0.5, 0.6) is 0 Å². The van der Waals surface area contributed by atoms with E-state index in [0.29, 0.717) is 17.6 Å². The molecule has 2 heterocycles. The van der Waals surface area contributed by atoms with E-state index in [1.807, 2.05) is 13.0 Å². The van der Waals surface area contributed by atoms with Crippen LogP contribution in [0.25, 0.3) is 0 Å². The monoisotopic (exact) mass is 380 g/mol. The van der Waals surface area contributed by atoms with Crippen molar-refractivity contribution in [1.82, 2.24) is 0 Å². The predicted octanol–water partition coefficient (Wildman–Crippen LogP) is 2.90. The molecule has 4 rings (SSSR count). The molecule has 3 aliphatic rings. The van der Waals surface area contributed by atoms with Crippen LogP contribution in [0.4, 0.5) is 0 Å². The Labute approximate surface area is 162 Å². The molecule has 0 saturated carbocycles. The Morgan fingerprint density at radius 3 is 2.57 bits per heavy atom. The van der Waals surface area contributed by atoms with Gasteiger partial charge in [-0.2, -0.15) is 0 Å². The molecule has 0 N–H and O–H groups in total. The summed E-state index contributed by atoms with van der Waals surface area (Å²) in [6.07, 6.45) is 2.54. The molecule has 0 aromatic heterocycles. The zero-order valence-electron chi connectivity index (χ0n) is 15.4. The van der Waals surface area contributed by atoms with Gasteiger partial charge in [0.05, 0.1) is 11.5 Å². The molecular weight excluding hydrogens is 360 g/mol. The van der Waals surface area contributed by atoms with Crippen LogP contribution < -0.4 is 0 Å². The molecule has 4 atom stereocenters. The van der Waals surface area contributed by atoms with Crippen molar-refractivity contribution in [3.63, 3.8) is 0 Å². The van der Waals surface area contributed by atoms with E-state index < -0.39 is 36.0 Å². The molecule has 1 aromatic rings. The van der Waals surface area contributed by atoms with E-state index in [0.717, 1.165) is 5.57 Å². The summed E-state index contributed by atoms with van der Waals surface area (Å²) < 4.78 is 16.6. The maximum atomic E-state index is 12.6. The first-order chi connectivity index (χ1) is 13.4. The summed E-state index contributed by atoms with van der Waals surface area (Å²) in [4.78, 5) is 37.0. The fourth-order valence-electron chi connectivity index (χ4n) is 3.88. The molecule has 28 heavy (non-hydrogen) atoms. The first-order valence-electron chi connectivity index (χ1n) is 9.17. The van der Waals surface area contributed by atoms with Gasteiger partial charge in [-0.25, -0.2) is 14.4 Å². The van der Waals surface area contributed by atoms with Crippen LogP contribution in [-0.2, 0) is 23.8 Å². The maximum Gasteiger partial charge on any atom is 0.338 e. The predicted molar refractivity (Wildman–Crippen MR) is 99.1 cm³/mol. The van der Waals surface area contributed by atoms with Gasteiger partial charge in [0.15, 0.2) is 0 Å². The lowest BCUT2D eigenvalue weighted by Crippen LogP contribution is -2.33. The van der Waals surface area contributed by atoms with Crippen LogP contribution in [0, 0.1) is 5.92 Å². The third kappa shape index (κ3) is 3.38. The van der Waals surface area contributed by atoms with E-state index in [4.69, 9.17) is 14.2 Å². The maximum absolute atomic E-state index is 12.6. The van der Waals surface area contributed by atoms with Crippen molar-refractivity contribution in [3.05, 3.63) is 71.3 Å². The smallest absolute Gasteiger partial charge is 0.338 e. The number of esters is 3. The van der Waals surface area contributed by atoms with Crippen LogP contribution in [0.1, 0.15) is 30.1 Å². The van der Waals surface area contributed by atoms with Crippen molar-refractivity contribution in [1.29, 1.82) is 0 Å². The number of hydrogen-bond acceptors (Lipinski definition) is 6. The van der Waals surface area contributed by atoms with Crippen molar-refractivity contribution < 1.29 is 28.6 Å². The van der Waals surface area contributed by atoms with Gasteiger partial charge in [-0.15, -0.1) is 0 Å². The minimum atomic E-state index is -0.732. The molecule has 0 amide bonds. The largest absolute Gasteiger partial charge is 0.458 e. The van der Waals surface area contributed by atoms with Gasteiger partial charge in [0, 0.05) is 24.0 Å². The standard InChI is InChI=1S/C22H20O6/c1-12-8-16-10-15(22(25)26-16)11-18-19(13(2)20(23)27-18)17(9-12)28-21(24)14-6-4-3-5-7-14/h3-7,9-10,16-19H,2,8,11H2,1H3/b12-9+/t16-,17-,18+,19+/m1/s1. The third-order valence-electron chi connectivity index (χ3n) is 5.23. The van der Waals surface area contributed by atoms with Crippen LogP contribution >= 0.6 is 0 Å². The fraction of sp³-hybridized carbons (Fsp3) is 0.318. The molecule has 0 radical (unpaired) electrons. The molecule has 1 fully saturated rings. The topological polar surface area (TPSA) is 78.9 Å². The zero-order chi connectivity index (χ0) is 19.8. The van der Waals surface area contributed by atoms with E-state index in [2.05, 4.69) is 6.58 Å². The summed E-state index contributed by atoms with van der Waals surface area (Å²) in [6.45, 7) is 5.73. The minimum Gasteiger partial charge on any atom is -0.458 e. The number of ether oxygens (including phenoxy) is 3. The van der Waals surface area contributed by atoms with Gasteiger partial charge in [0.2, 0.25) is 0 Å². The van der Waals surface area contributed by atoms with E-state index >= 15 is 0 Å². The molecular formula is C22H20O6. The molecule has 0 unspecified atom stereocenters. The lowest BCUT2D eigenvalue weighted by atomic mass is 9.85. The summed E-state index contributed by atoms with van der Waals surface area (Å²) in [6, 6.07) is 8.65. The lowest BCUT2D eigenvalue weighted by Gasteiger charge is -2.26. The minimum absolute atomic E-state index is 0.205. The van der Waals surface area contributed by atoms with E-state index in [9.17, 15) is 14.4 Å². The highest BCUT2D eigenvalue weighted by molar-refractivity contribution is 5.94. The first kappa shape index (κ1) is 18.2. The fourth-order valence-corrected chi connectivity index (χ4v) is 3.88. The normalized spacial score (nSPS) is 31.1. The van der Waals surface area contributed by atoms with Crippen molar-refractivity contribution in [2.45, 2.75) is 38.1 Å². The van der Waals surface area contributed by atoms with Crippen LogP contribution in [0.2, 0.25) is 0 Å². The summed E-state index contributed by atoms with van der Waals surface area (Å²) in [5.74, 6) is -2.00. The number of carbonyl (C=O) groups excluding carboxylic acids is 3. The van der Waals surface area contributed by atoms with Gasteiger partial charge in [0.1, 0.15) is 18.3 Å². The molecule has 2 bridgehead atoms. The quantitative estimate of drug-likeness (QED) is 0.340. The highest BCUT2D eigenvalue weighted by atomic mass is 16.6. The average Bonchev–Trinajstić information content (AvgIpc) is 3.13. The van der Waals surface area contributed by atoms with Gasteiger partial charge in [0.25, 0.3) is 0 Å². The molecule has 0 spiro atoms. The van der Waals surface area contributed by atoms with Crippen molar-refractivity contribution in [2.24, 2.45) is 5.92 Å². The molecule has 1 aliphatic carbocycles. The number of rotatable bonds is 2. The Bertz CT molecular complexity index is 910. The summed E-state index contributed by atoms with van der Waals surface area (Å²) in [7, 11) is 0.